The first-order valence-corrected chi connectivity index (χ1v) is 10.4. The largest absolute Gasteiger partial charge is 0.493 e. The zero-order chi connectivity index (χ0) is 21.5. The van der Waals surface area contributed by atoms with Crippen LogP contribution < -0.4 is 20.1 Å². The molecule has 0 heterocycles. The van der Waals surface area contributed by atoms with Crippen LogP contribution in [0.3, 0.4) is 0 Å². The van der Waals surface area contributed by atoms with E-state index in [2.05, 4.69) is 39.1 Å². The summed E-state index contributed by atoms with van der Waals surface area (Å²) in [5, 5.41) is 6.40. The Labute approximate surface area is 196 Å². The van der Waals surface area contributed by atoms with Crippen molar-refractivity contribution in [1.29, 1.82) is 0 Å². The van der Waals surface area contributed by atoms with Gasteiger partial charge < -0.3 is 25.0 Å². The molecule has 0 radical (unpaired) electrons. The summed E-state index contributed by atoms with van der Waals surface area (Å²) < 4.78 is 35.7. The molecule has 9 heteroatoms. The molecule has 0 fully saturated rings. The van der Waals surface area contributed by atoms with Crippen molar-refractivity contribution < 1.29 is 18.3 Å². The molecular weight excluding hydrogens is 505 g/mol. The summed E-state index contributed by atoms with van der Waals surface area (Å²) in [6.45, 7) is 8.29. The van der Waals surface area contributed by atoms with Crippen molar-refractivity contribution in [2.45, 2.75) is 53.2 Å². The molecule has 0 atom stereocenters. The van der Waals surface area contributed by atoms with E-state index >= 15 is 0 Å². The molecule has 0 aliphatic heterocycles. The lowest BCUT2D eigenvalue weighted by molar-refractivity contribution is -0.0505. The fourth-order valence-corrected chi connectivity index (χ4v) is 2.80. The normalized spacial score (nSPS) is 11.4. The van der Waals surface area contributed by atoms with E-state index < -0.39 is 6.61 Å². The Morgan fingerprint density at radius 1 is 1.13 bits per heavy atom. The van der Waals surface area contributed by atoms with Gasteiger partial charge in [-0.05, 0) is 51.0 Å². The summed E-state index contributed by atoms with van der Waals surface area (Å²) in [5.41, 5.74) is 0.610. The fraction of sp³-hybridized carbons (Fsp3) is 0.667. The number of nitrogens with one attached hydrogen (secondary N) is 2. The predicted molar refractivity (Wildman–Crippen MR) is 129 cm³/mol. The summed E-state index contributed by atoms with van der Waals surface area (Å²) in [6.07, 6.45) is 2.98. The van der Waals surface area contributed by atoms with Crippen LogP contribution in [0.15, 0.2) is 23.2 Å². The Hall–Kier alpha value is -1.36. The van der Waals surface area contributed by atoms with Crippen LogP contribution >= 0.6 is 24.0 Å². The molecule has 0 amide bonds. The molecular formula is C21H37F2IN4O2. The second-order valence-corrected chi connectivity index (χ2v) is 6.58. The number of hydrogen-bond donors (Lipinski definition) is 2. The van der Waals surface area contributed by atoms with Gasteiger partial charge in [0, 0.05) is 31.8 Å². The SMILES string of the molecule is CCCOc1ccc(CNC(=NC)NCCCCN(CC)CC)c(OC(F)F)c1.I. The molecule has 1 aromatic rings. The highest BCUT2D eigenvalue weighted by molar-refractivity contribution is 14.0. The van der Waals surface area contributed by atoms with Crippen molar-refractivity contribution in [3.8, 4) is 11.5 Å². The molecule has 0 aliphatic rings. The number of aliphatic imine (C=N–C) groups is 1. The van der Waals surface area contributed by atoms with Crippen LogP contribution in [-0.2, 0) is 6.54 Å². The third-order valence-electron chi connectivity index (χ3n) is 4.49. The first kappa shape index (κ1) is 28.6. The first-order chi connectivity index (χ1) is 14.0. The van der Waals surface area contributed by atoms with Gasteiger partial charge in [-0.3, -0.25) is 4.99 Å². The van der Waals surface area contributed by atoms with Gasteiger partial charge in [-0.25, -0.2) is 0 Å². The summed E-state index contributed by atoms with van der Waals surface area (Å²) >= 11 is 0. The van der Waals surface area contributed by atoms with Crippen molar-refractivity contribution in [3.05, 3.63) is 23.8 Å². The molecule has 174 valence electrons. The van der Waals surface area contributed by atoms with Gasteiger partial charge in [0.15, 0.2) is 5.96 Å². The molecule has 2 N–H and O–H groups in total. The van der Waals surface area contributed by atoms with Gasteiger partial charge in [0.05, 0.1) is 6.61 Å². The molecule has 0 unspecified atom stereocenters. The minimum Gasteiger partial charge on any atom is -0.493 e. The first-order valence-electron chi connectivity index (χ1n) is 10.4. The predicted octanol–water partition coefficient (Wildman–Crippen LogP) is 4.48. The molecule has 30 heavy (non-hydrogen) atoms. The Morgan fingerprint density at radius 2 is 1.87 bits per heavy atom. The summed E-state index contributed by atoms with van der Waals surface area (Å²) in [5.74, 6) is 1.25. The van der Waals surface area contributed by atoms with Crippen LogP contribution in [0.2, 0.25) is 0 Å². The number of unbranched alkanes of at least 4 members (excludes halogenated alkanes) is 1. The Bertz CT molecular complexity index is 602. The van der Waals surface area contributed by atoms with E-state index in [1.807, 2.05) is 6.92 Å². The maximum absolute atomic E-state index is 12.8. The highest BCUT2D eigenvalue weighted by Gasteiger charge is 2.12. The van der Waals surface area contributed by atoms with Crippen molar-refractivity contribution in [1.82, 2.24) is 15.5 Å². The monoisotopic (exact) mass is 542 g/mol. The van der Waals surface area contributed by atoms with E-state index in [9.17, 15) is 8.78 Å². The molecule has 0 aliphatic carbocycles. The van der Waals surface area contributed by atoms with E-state index in [4.69, 9.17) is 4.74 Å². The van der Waals surface area contributed by atoms with E-state index in [1.165, 1.54) is 6.07 Å². The lowest BCUT2D eigenvalue weighted by atomic mass is 10.2. The Kier molecular flexibility index (Phi) is 16.5. The van der Waals surface area contributed by atoms with Crippen molar-refractivity contribution in [2.24, 2.45) is 4.99 Å². The van der Waals surface area contributed by atoms with Gasteiger partial charge in [0.1, 0.15) is 11.5 Å². The smallest absolute Gasteiger partial charge is 0.387 e. The van der Waals surface area contributed by atoms with E-state index in [1.54, 1.807) is 19.2 Å². The minimum atomic E-state index is -2.89. The van der Waals surface area contributed by atoms with E-state index in [0.29, 0.717) is 30.4 Å². The van der Waals surface area contributed by atoms with Crippen LogP contribution in [0.1, 0.15) is 45.6 Å². The standard InChI is InChI=1S/C21H36F2N4O2.HI/c1-5-14-28-18-11-10-17(19(15-18)29-20(22)23)16-26-21(24-4)25-12-8-9-13-27(6-2)7-3;/h10-11,15,20H,5-9,12-14,16H2,1-4H3,(H2,24,25,26);1H. The third-order valence-corrected chi connectivity index (χ3v) is 4.49. The van der Waals surface area contributed by atoms with Gasteiger partial charge in [0.2, 0.25) is 0 Å². The molecule has 6 nitrogen and oxygen atoms in total. The lowest BCUT2D eigenvalue weighted by Gasteiger charge is -2.18. The molecule has 0 aromatic heterocycles. The van der Waals surface area contributed by atoms with Crippen LogP contribution in [0.4, 0.5) is 8.78 Å². The number of rotatable bonds is 14. The van der Waals surface area contributed by atoms with Crippen molar-refractivity contribution in [2.75, 3.05) is 39.8 Å². The van der Waals surface area contributed by atoms with Crippen LogP contribution in [0, 0.1) is 0 Å². The number of ether oxygens (including phenoxy) is 2. The minimum absolute atomic E-state index is 0. The highest BCUT2D eigenvalue weighted by Crippen LogP contribution is 2.26. The molecule has 0 spiro atoms. The van der Waals surface area contributed by atoms with Gasteiger partial charge in [-0.15, -0.1) is 24.0 Å². The summed E-state index contributed by atoms with van der Waals surface area (Å²) in [7, 11) is 1.68. The number of hydrogen-bond acceptors (Lipinski definition) is 4. The molecule has 0 saturated carbocycles. The van der Waals surface area contributed by atoms with Gasteiger partial charge >= 0.3 is 6.61 Å². The number of alkyl halides is 2. The quantitative estimate of drug-likeness (QED) is 0.157. The Morgan fingerprint density at radius 3 is 2.47 bits per heavy atom. The summed E-state index contributed by atoms with van der Waals surface area (Å²) in [4.78, 5) is 6.58. The number of guanidine groups is 1. The molecule has 1 rings (SSSR count). The van der Waals surface area contributed by atoms with Crippen LogP contribution in [-0.4, -0.2) is 57.3 Å². The fourth-order valence-electron chi connectivity index (χ4n) is 2.80. The van der Waals surface area contributed by atoms with E-state index in [-0.39, 0.29) is 29.7 Å². The number of benzene rings is 1. The second kappa shape index (κ2) is 17.3. The van der Waals surface area contributed by atoms with Crippen molar-refractivity contribution in [3.63, 3.8) is 0 Å². The van der Waals surface area contributed by atoms with Gasteiger partial charge in [0.25, 0.3) is 0 Å². The van der Waals surface area contributed by atoms with E-state index in [0.717, 1.165) is 45.4 Å². The van der Waals surface area contributed by atoms with Gasteiger partial charge in [-0.1, -0.05) is 20.8 Å². The topological polar surface area (TPSA) is 58.1 Å². The third kappa shape index (κ3) is 11.7. The average Bonchev–Trinajstić information content (AvgIpc) is 2.71. The lowest BCUT2D eigenvalue weighted by Crippen LogP contribution is -2.37. The van der Waals surface area contributed by atoms with Crippen LogP contribution in [0.5, 0.6) is 11.5 Å². The summed E-state index contributed by atoms with van der Waals surface area (Å²) in [6, 6.07) is 4.99. The zero-order valence-corrected chi connectivity index (χ0v) is 20.9. The number of nitrogens with zero attached hydrogens (tertiary/aromatic N) is 2. The second-order valence-electron chi connectivity index (χ2n) is 6.58. The van der Waals surface area contributed by atoms with Gasteiger partial charge in [-0.2, -0.15) is 8.78 Å². The molecule has 0 bridgehead atoms. The molecule has 0 saturated heterocycles. The van der Waals surface area contributed by atoms with Crippen molar-refractivity contribution >= 4 is 29.9 Å². The maximum Gasteiger partial charge on any atom is 0.387 e. The Balaban J connectivity index is 0.00000841. The average molecular weight is 542 g/mol. The number of halogens is 3. The molecule has 1 aromatic carbocycles. The van der Waals surface area contributed by atoms with Crippen LogP contribution in [0.25, 0.3) is 0 Å². The maximum atomic E-state index is 12.8. The highest BCUT2D eigenvalue weighted by atomic mass is 127. The zero-order valence-electron chi connectivity index (χ0n) is 18.5.